The first-order valence-corrected chi connectivity index (χ1v) is 10.7. The van der Waals surface area contributed by atoms with Crippen LogP contribution in [0.15, 0.2) is 60.7 Å². The van der Waals surface area contributed by atoms with Gasteiger partial charge in [-0.2, -0.15) is 0 Å². The van der Waals surface area contributed by atoms with Gasteiger partial charge in [-0.05, 0) is 72.1 Å². The summed E-state index contributed by atoms with van der Waals surface area (Å²) < 4.78 is 11.6. The molecule has 0 N–H and O–H groups in total. The first kappa shape index (κ1) is 20.8. The maximum Gasteiger partial charge on any atom is 0.119 e. The highest BCUT2D eigenvalue weighted by Crippen LogP contribution is 2.22. The normalized spacial score (nSPS) is 10.4. The quantitative estimate of drug-likeness (QED) is 0.291. The summed E-state index contributed by atoms with van der Waals surface area (Å²) in [6, 6.07) is 20.6. The van der Waals surface area contributed by atoms with Gasteiger partial charge in [0.25, 0.3) is 0 Å². The fourth-order valence-electron chi connectivity index (χ4n) is 3.05. The Bertz CT molecular complexity index is 961. The Labute approximate surface area is 174 Å². The molecule has 0 spiro atoms. The number of rotatable bonds is 9. The van der Waals surface area contributed by atoms with Gasteiger partial charge < -0.3 is 9.47 Å². The predicted octanol–water partition coefficient (Wildman–Crippen LogP) is 6.99. The molecule has 0 fully saturated rings. The molecule has 0 aliphatic carbocycles. The molecular formula is C27H30O2. The molecular weight excluding hydrogens is 356 g/mol. The van der Waals surface area contributed by atoms with Crippen LogP contribution in [0.25, 0.3) is 10.8 Å². The minimum Gasteiger partial charge on any atom is -0.494 e. The lowest BCUT2D eigenvalue weighted by molar-refractivity contribution is 0.306. The number of unbranched alkanes of at least 4 members (excludes halogenated alkanes) is 3. The van der Waals surface area contributed by atoms with Gasteiger partial charge in [-0.3, -0.25) is 0 Å². The van der Waals surface area contributed by atoms with E-state index in [0.29, 0.717) is 0 Å². The lowest BCUT2D eigenvalue weighted by Gasteiger charge is -2.07. The van der Waals surface area contributed by atoms with E-state index in [4.69, 9.17) is 9.47 Å². The first-order valence-electron chi connectivity index (χ1n) is 10.7. The van der Waals surface area contributed by atoms with E-state index < -0.39 is 0 Å². The van der Waals surface area contributed by atoms with Gasteiger partial charge in [0.15, 0.2) is 0 Å². The van der Waals surface area contributed by atoms with Gasteiger partial charge in [0.05, 0.1) is 13.2 Å². The summed E-state index contributed by atoms with van der Waals surface area (Å²) in [7, 11) is 0. The smallest absolute Gasteiger partial charge is 0.119 e. The van der Waals surface area contributed by atoms with E-state index in [1.807, 2.05) is 30.3 Å². The molecule has 0 unspecified atom stereocenters. The fraction of sp³-hybridized carbons (Fsp3) is 0.333. The second-order valence-electron chi connectivity index (χ2n) is 7.26. The monoisotopic (exact) mass is 386 g/mol. The zero-order chi connectivity index (χ0) is 20.3. The number of ether oxygens (including phenoxy) is 2. The van der Waals surface area contributed by atoms with E-state index in [1.165, 1.54) is 23.6 Å². The molecule has 2 heteroatoms. The molecule has 0 aromatic heterocycles. The van der Waals surface area contributed by atoms with E-state index in [9.17, 15) is 0 Å². The Morgan fingerprint density at radius 2 is 1.17 bits per heavy atom. The highest BCUT2D eigenvalue weighted by Gasteiger charge is 1.99. The Morgan fingerprint density at radius 3 is 1.97 bits per heavy atom. The van der Waals surface area contributed by atoms with Crippen LogP contribution in [0.5, 0.6) is 11.5 Å². The number of hydrogen-bond donors (Lipinski definition) is 0. The van der Waals surface area contributed by atoms with E-state index >= 15 is 0 Å². The third-order valence-corrected chi connectivity index (χ3v) is 4.80. The molecule has 150 valence electrons. The molecule has 2 nitrogen and oxygen atoms in total. The van der Waals surface area contributed by atoms with Crippen molar-refractivity contribution in [2.24, 2.45) is 0 Å². The molecule has 0 amide bonds. The zero-order valence-electron chi connectivity index (χ0n) is 17.5. The lowest BCUT2D eigenvalue weighted by Crippen LogP contribution is -1.96. The molecule has 29 heavy (non-hydrogen) atoms. The highest BCUT2D eigenvalue weighted by molar-refractivity contribution is 5.85. The van der Waals surface area contributed by atoms with Crippen LogP contribution in [0.4, 0.5) is 0 Å². The van der Waals surface area contributed by atoms with Crippen molar-refractivity contribution >= 4 is 10.8 Å². The summed E-state index contributed by atoms with van der Waals surface area (Å²) >= 11 is 0. The van der Waals surface area contributed by atoms with Gasteiger partial charge in [0, 0.05) is 11.1 Å². The van der Waals surface area contributed by atoms with Crippen LogP contribution in [0.3, 0.4) is 0 Å². The third kappa shape index (κ3) is 6.57. The van der Waals surface area contributed by atoms with Gasteiger partial charge in [-0.1, -0.05) is 57.1 Å². The largest absolute Gasteiger partial charge is 0.494 e. The number of benzene rings is 3. The fourth-order valence-corrected chi connectivity index (χ4v) is 3.05. The number of hydrogen-bond acceptors (Lipinski definition) is 2. The van der Waals surface area contributed by atoms with Crippen LogP contribution < -0.4 is 9.47 Å². The summed E-state index contributed by atoms with van der Waals surface area (Å²) in [5.74, 6) is 8.36. The predicted molar refractivity (Wildman–Crippen MR) is 122 cm³/mol. The van der Waals surface area contributed by atoms with Crippen LogP contribution in [0.1, 0.15) is 57.1 Å². The first-order chi connectivity index (χ1) is 14.3. The Hall–Kier alpha value is -2.92. The van der Waals surface area contributed by atoms with Gasteiger partial charge in [0.2, 0.25) is 0 Å². The summed E-state index contributed by atoms with van der Waals surface area (Å²) in [5.41, 5.74) is 2.00. The molecule has 0 bridgehead atoms. The van der Waals surface area contributed by atoms with Crippen LogP contribution >= 0.6 is 0 Å². The van der Waals surface area contributed by atoms with E-state index in [1.54, 1.807) is 0 Å². The highest BCUT2D eigenvalue weighted by atomic mass is 16.5. The summed E-state index contributed by atoms with van der Waals surface area (Å²) in [6.45, 7) is 5.92. The van der Waals surface area contributed by atoms with E-state index in [-0.39, 0.29) is 0 Å². The van der Waals surface area contributed by atoms with Crippen molar-refractivity contribution in [3.05, 3.63) is 71.8 Å². The van der Waals surface area contributed by atoms with Crippen LogP contribution in [-0.2, 0) is 0 Å². The van der Waals surface area contributed by atoms with Crippen molar-refractivity contribution in [2.45, 2.75) is 46.0 Å². The Balaban J connectivity index is 1.63. The van der Waals surface area contributed by atoms with Crippen molar-refractivity contribution < 1.29 is 9.47 Å². The summed E-state index contributed by atoms with van der Waals surface area (Å²) in [5, 5.41) is 2.35. The minimum atomic E-state index is 0.772. The van der Waals surface area contributed by atoms with Gasteiger partial charge in [-0.15, -0.1) is 0 Å². The molecule has 3 rings (SSSR count). The number of fused-ring (bicyclic) bond motifs is 1. The molecule has 0 aliphatic heterocycles. The van der Waals surface area contributed by atoms with Crippen molar-refractivity contribution in [3.63, 3.8) is 0 Å². The van der Waals surface area contributed by atoms with Gasteiger partial charge >= 0.3 is 0 Å². The lowest BCUT2D eigenvalue weighted by atomic mass is 10.1. The second kappa shape index (κ2) is 11.2. The minimum absolute atomic E-state index is 0.772. The van der Waals surface area contributed by atoms with Crippen LogP contribution in [0, 0.1) is 11.8 Å². The Morgan fingerprint density at radius 1 is 0.586 bits per heavy atom. The second-order valence-corrected chi connectivity index (χ2v) is 7.26. The van der Waals surface area contributed by atoms with Crippen LogP contribution in [-0.4, -0.2) is 13.2 Å². The molecule has 0 radical (unpaired) electrons. The van der Waals surface area contributed by atoms with Crippen molar-refractivity contribution in [3.8, 4) is 23.3 Å². The molecule has 0 saturated heterocycles. The molecule has 3 aromatic rings. The SMILES string of the molecule is CCCCCOc1ccc(C#Cc2ccc3cc(OCCCC)ccc3c2)cc1. The molecule has 3 aromatic carbocycles. The van der Waals surface area contributed by atoms with Gasteiger partial charge in [0.1, 0.15) is 11.5 Å². The summed E-state index contributed by atoms with van der Waals surface area (Å²) in [4.78, 5) is 0. The third-order valence-electron chi connectivity index (χ3n) is 4.80. The topological polar surface area (TPSA) is 18.5 Å². The maximum absolute atomic E-state index is 5.80. The average Bonchev–Trinajstić information content (AvgIpc) is 2.76. The van der Waals surface area contributed by atoms with Crippen LogP contribution in [0.2, 0.25) is 0 Å². The standard InChI is InChI=1S/C27H30O2/c1-3-5-7-19-28-26-15-11-22(12-16-26)8-9-23-10-13-25-21-27(29-18-6-4-2)17-14-24(25)20-23/h10-17,20-21H,3-7,18-19H2,1-2H3. The average molecular weight is 387 g/mol. The van der Waals surface area contributed by atoms with Gasteiger partial charge in [-0.25, -0.2) is 0 Å². The van der Waals surface area contributed by atoms with E-state index in [2.05, 4.69) is 56.0 Å². The molecule has 0 aliphatic rings. The van der Waals surface area contributed by atoms with Crippen molar-refractivity contribution in [1.82, 2.24) is 0 Å². The molecule has 0 heterocycles. The van der Waals surface area contributed by atoms with Crippen molar-refractivity contribution in [2.75, 3.05) is 13.2 Å². The Kier molecular flexibility index (Phi) is 8.01. The zero-order valence-corrected chi connectivity index (χ0v) is 17.5. The van der Waals surface area contributed by atoms with Crippen molar-refractivity contribution in [1.29, 1.82) is 0 Å². The summed E-state index contributed by atoms with van der Waals surface area (Å²) in [6.07, 6.45) is 5.75. The van der Waals surface area contributed by atoms with E-state index in [0.717, 1.165) is 55.1 Å². The molecule has 0 saturated carbocycles. The molecule has 0 atom stereocenters. The maximum atomic E-state index is 5.80.